The van der Waals surface area contributed by atoms with Gasteiger partial charge in [0, 0.05) is 12.6 Å². The SMILES string of the molecule is Cc1cc(C)cc(CNC(C)c2cccc(F)c2)c1. The van der Waals surface area contributed by atoms with Crippen LogP contribution in [0.5, 0.6) is 0 Å². The maximum atomic E-state index is 13.2. The molecule has 0 saturated heterocycles. The highest BCUT2D eigenvalue weighted by molar-refractivity contribution is 5.28. The maximum Gasteiger partial charge on any atom is 0.123 e. The second kappa shape index (κ2) is 5.98. The van der Waals surface area contributed by atoms with Gasteiger partial charge in [-0.25, -0.2) is 4.39 Å². The fourth-order valence-electron chi connectivity index (χ4n) is 2.34. The van der Waals surface area contributed by atoms with Crippen molar-refractivity contribution in [2.24, 2.45) is 0 Å². The van der Waals surface area contributed by atoms with Gasteiger partial charge in [-0.05, 0) is 44.0 Å². The molecule has 0 fully saturated rings. The molecule has 1 nitrogen and oxygen atoms in total. The largest absolute Gasteiger partial charge is 0.306 e. The lowest BCUT2D eigenvalue weighted by Crippen LogP contribution is -2.18. The predicted octanol–water partition coefficient (Wildman–Crippen LogP) is 4.29. The molecule has 0 aliphatic heterocycles. The van der Waals surface area contributed by atoms with Crippen LogP contribution in [-0.2, 0) is 6.54 Å². The first kappa shape index (κ1) is 13.8. The summed E-state index contributed by atoms with van der Waals surface area (Å²) in [6.45, 7) is 7.05. The first-order chi connectivity index (χ1) is 9.04. The summed E-state index contributed by atoms with van der Waals surface area (Å²) >= 11 is 0. The first-order valence-electron chi connectivity index (χ1n) is 6.60. The minimum atomic E-state index is -0.183. The standard InChI is InChI=1S/C17H20FN/c1-12-7-13(2)9-15(8-12)11-19-14(3)16-5-4-6-17(18)10-16/h4-10,14,19H,11H2,1-3H3. The summed E-state index contributed by atoms with van der Waals surface area (Å²) in [4.78, 5) is 0. The molecule has 2 heteroatoms. The third-order valence-corrected chi connectivity index (χ3v) is 3.24. The molecule has 0 spiro atoms. The number of halogens is 1. The van der Waals surface area contributed by atoms with E-state index in [1.54, 1.807) is 12.1 Å². The molecule has 1 N–H and O–H groups in total. The second-order valence-corrected chi connectivity index (χ2v) is 5.15. The van der Waals surface area contributed by atoms with Crippen molar-refractivity contribution in [3.05, 3.63) is 70.5 Å². The molecule has 100 valence electrons. The smallest absolute Gasteiger partial charge is 0.123 e. The normalized spacial score (nSPS) is 12.4. The highest BCUT2D eigenvalue weighted by atomic mass is 19.1. The maximum absolute atomic E-state index is 13.2. The van der Waals surface area contributed by atoms with Gasteiger partial charge in [0.1, 0.15) is 5.82 Å². The Morgan fingerprint density at radius 2 is 1.74 bits per heavy atom. The van der Waals surface area contributed by atoms with E-state index in [1.165, 1.54) is 22.8 Å². The summed E-state index contributed by atoms with van der Waals surface area (Å²) < 4.78 is 13.2. The summed E-state index contributed by atoms with van der Waals surface area (Å²) in [6.07, 6.45) is 0. The first-order valence-corrected chi connectivity index (χ1v) is 6.60. The van der Waals surface area contributed by atoms with E-state index >= 15 is 0 Å². The molecular weight excluding hydrogens is 237 g/mol. The van der Waals surface area contributed by atoms with Crippen LogP contribution in [0.4, 0.5) is 4.39 Å². The molecule has 0 radical (unpaired) electrons. The summed E-state index contributed by atoms with van der Waals surface area (Å²) in [5.41, 5.74) is 4.79. The van der Waals surface area contributed by atoms with Crippen molar-refractivity contribution in [2.75, 3.05) is 0 Å². The molecule has 2 rings (SSSR count). The molecule has 0 heterocycles. The molecule has 0 amide bonds. The van der Waals surface area contributed by atoms with Crippen molar-refractivity contribution in [3.8, 4) is 0 Å². The van der Waals surface area contributed by atoms with Crippen LogP contribution in [0, 0.1) is 19.7 Å². The molecule has 2 aromatic rings. The Kier molecular flexibility index (Phi) is 4.33. The molecule has 0 aliphatic carbocycles. The monoisotopic (exact) mass is 257 g/mol. The van der Waals surface area contributed by atoms with Crippen LogP contribution in [0.15, 0.2) is 42.5 Å². The molecular formula is C17H20FN. The summed E-state index contributed by atoms with van der Waals surface area (Å²) in [6, 6.07) is 13.4. The van der Waals surface area contributed by atoms with Crippen molar-refractivity contribution < 1.29 is 4.39 Å². The number of nitrogens with one attached hydrogen (secondary N) is 1. The molecule has 1 atom stereocenters. The Morgan fingerprint density at radius 3 is 2.37 bits per heavy atom. The third kappa shape index (κ3) is 3.90. The Bertz CT molecular complexity index is 543. The minimum absolute atomic E-state index is 0.136. The summed E-state index contributed by atoms with van der Waals surface area (Å²) in [7, 11) is 0. The van der Waals surface area contributed by atoms with Gasteiger partial charge in [0.25, 0.3) is 0 Å². The van der Waals surface area contributed by atoms with Gasteiger partial charge in [-0.1, -0.05) is 41.5 Å². The zero-order chi connectivity index (χ0) is 13.8. The van der Waals surface area contributed by atoms with E-state index in [9.17, 15) is 4.39 Å². The van der Waals surface area contributed by atoms with Crippen LogP contribution in [0.25, 0.3) is 0 Å². The molecule has 19 heavy (non-hydrogen) atoms. The minimum Gasteiger partial charge on any atom is -0.306 e. The Hall–Kier alpha value is -1.67. The van der Waals surface area contributed by atoms with E-state index in [4.69, 9.17) is 0 Å². The van der Waals surface area contributed by atoms with Crippen molar-refractivity contribution in [3.63, 3.8) is 0 Å². The van der Waals surface area contributed by atoms with E-state index in [1.807, 2.05) is 6.07 Å². The fourth-order valence-corrected chi connectivity index (χ4v) is 2.34. The average Bonchev–Trinajstić information content (AvgIpc) is 2.35. The van der Waals surface area contributed by atoms with E-state index in [2.05, 4.69) is 44.3 Å². The van der Waals surface area contributed by atoms with Crippen molar-refractivity contribution >= 4 is 0 Å². The molecule has 2 aromatic carbocycles. The van der Waals surface area contributed by atoms with Gasteiger partial charge in [-0.15, -0.1) is 0 Å². The third-order valence-electron chi connectivity index (χ3n) is 3.24. The number of benzene rings is 2. The molecule has 0 bridgehead atoms. The molecule has 0 aromatic heterocycles. The van der Waals surface area contributed by atoms with E-state index in [0.29, 0.717) is 0 Å². The predicted molar refractivity (Wildman–Crippen MR) is 77.6 cm³/mol. The van der Waals surface area contributed by atoms with Gasteiger partial charge in [-0.3, -0.25) is 0 Å². The molecule has 0 aliphatic rings. The number of aryl methyl sites for hydroxylation is 2. The van der Waals surface area contributed by atoms with Crippen molar-refractivity contribution in [2.45, 2.75) is 33.4 Å². The molecule has 1 unspecified atom stereocenters. The van der Waals surface area contributed by atoms with Crippen molar-refractivity contribution in [1.29, 1.82) is 0 Å². The number of hydrogen-bond donors (Lipinski definition) is 1. The lowest BCUT2D eigenvalue weighted by atomic mass is 10.1. The summed E-state index contributed by atoms with van der Waals surface area (Å²) in [5, 5.41) is 3.43. The highest BCUT2D eigenvalue weighted by Crippen LogP contribution is 2.15. The van der Waals surface area contributed by atoms with Crippen LogP contribution in [-0.4, -0.2) is 0 Å². The van der Waals surface area contributed by atoms with Crippen LogP contribution >= 0.6 is 0 Å². The van der Waals surface area contributed by atoms with Crippen LogP contribution in [0.1, 0.15) is 35.2 Å². The number of rotatable bonds is 4. The van der Waals surface area contributed by atoms with E-state index < -0.39 is 0 Å². The highest BCUT2D eigenvalue weighted by Gasteiger charge is 2.06. The van der Waals surface area contributed by atoms with Gasteiger partial charge >= 0.3 is 0 Å². The second-order valence-electron chi connectivity index (χ2n) is 5.15. The Morgan fingerprint density at radius 1 is 1.05 bits per heavy atom. The van der Waals surface area contributed by atoms with E-state index in [-0.39, 0.29) is 11.9 Å². The zero-order valence-corrected chi connectivity index (χ0v) is 11.7. The average molecular weight is 257 g/mol. The quantitative estimate of drug-likeness (QED) is 0.861. The van der Waals surface area contributed by atoms with E-state index in [0.717, 1.165) is 12.1 Å². The van der Waals surface area contributed by atoms with Gasteiger partial charge in [0.05, 0.1) is 0 Å². The Labute approximate surface area is 114 Å². The van der Waals surface area contributed by atoms with Crippen molar-refractivity contribution in [1.82, 2.24) is 5.32 Å². The van der Waals surface area contributed by atoms with Gasteiger partial charge in [0.15, 0.2) is 0 Å². The molecule has 0 saturated carbocycles. The number of hydrogen-bond acceptors (Lipinski definition) is 1. The van der Waals surface area contributed by atoms with Crippen LogP contribution < -0.4 is 5.32 Å². The topological polar surface area (TPSA) is 12.0 Å². The lowest BCUT2D eigenvalue weighted by molar-refractivity contribution is 0.565. The van der Waals surface area contributed by atoms with Crippen LogP contribution in [0.2, 0.25) is 0 Å². The van der Waals surface area contributed by atoms with Gasteiger partial charge < -0.3 is 5.32 Å². The van der Waals surface area contributed by atoms with Crippen LogP contribution in [0.3, 0.4) is 0 Å². The lowest BCUT2D eigenvalue weighted by Gasteiger charge is -2.15. The van der Waals surface area contributed by atoms with Gasteiger partial charge in [0.2, 0.25) is 0 Å². The fraction of sp³-hybridized carbons (Fsp3) is 0.294. The van der Waals surface area contributed by atoms with Gasteiger partial charge in [-0.2, -0.15) is 0 Å². The summed E-state index contributed by atoms with van der Waals surface area (Å²) in [5.74, 6) is -0.183. The Balaban J connectivity index is 2.02. The zero-order valence-electron chi connectivity index (χ0n) is 11.7.